The Morgan fingerprint density at radius 1 is 0.933 bits per heavy atom. The van der Waals surface area contributed by atoms with Crippen LogP contribution in [0.1, 0.15) is 12.5 Å². The summed E-state index contributed by atoms with van der Waals surface area (Å²) in [5.74, 6) is -1.12. The average Bonchev–Trinajstić information content (AvgIpc) is 2.75. The van der Waals surface area contributed by atoms with Gasteiger partial charge in [-0.05, 0) is 42.8 Å². The summed E-state index contributed by atoms with van der Waals surface area (Å²) in [7, 11) is 0. The smallest absolute Gasteiger partial charge is 0.247 e. The number of fused-ring (bicyclic) bond motifs is 1. The van der Waals surface area contributed by atoms with E-state index in [4.69, 9.17) is 4.74 Å². The molecule has 4 aromatic rings. The minimum Gasteiger partial charge on any atom is -0.476 e. The maximum atomic E-state index is 14.1. The molecule has 0 saturated carbocycles. The molecule has 0 aliphatic rings. The van der Waals surface area contributed by atoms with Crippen LogP contribution < -0.4 is 10.1 Å². The van der Waals surface area contributed by atoms with Gasteiger partial charge in [0.1, 0.15) is 17.5 Å². The van der Waals surface area contributed by atoms with E-state index in [0.29, 0.717) is 13.2 Å². The van der Waals surface area contributed by atoms with E-state index in [1.165, 1.54) is 18.3 Å². The Morgan fingerprint density at radius 3 is 2.47 bits per heavy atom. The summed E-state index contributed by atoms with van der Waals surface area (Å²) in [5, 5.41) is 3.03. The molecule has 1 N–H and O–H groups in total. The van der Waals surface area contributed by atoms with Gasteiger partial charge in [0.25, 0.3) is 0 Å². The van der Waals surface area contributed by atoms with Gasteiger partial charge in [0.05, 0.1) is 18.5 Å². The van der Waals surface area contributed by atoms with Gasteiger partial charge in [-0.3, -0.25) is 0 Å². The molecule has 2 aromatic carbocycles. The summed E-state index contributed by atoms with van der Waals surface area (Å²) in [5.41, 5.74) is 1.41. The van der Waals surface area contributed by atoms with E-state index in [9.17, 15) is 13.2 Å². The van der Waals surface area contributed by atoms with Gasteiger partial charge in [-0.15, -0.1) is 0 Å². The van der Waals surface area contributed by atoms with Gasteiger partial charge in [0.15, 0.2) is 11.2 Å². The second-order valence-electron chi connectivity index (χ2n) is 6.32. The lowest BCUT2D eigenvalue weighted by Crippen LogP contribution is -2.07. The van der Waals surface area contributed by atoms with Crippen molar-refractivity contribution >= 4 is 17.1 Å². The molecule has 152 valence electrons. The molecule has 9 heteroatoms. The number of aromatic nitrogens is 4. The predicted octanol–water partition coefficient (Wildman–Crippen LogP) is 4.51. The lowest BCUT2D eigenvalue weighted by atomic mass is 10.1. The minimum atomic E-state index is -0.624. The zero-order valence-electron chi connectivity index (χ0n) is 15.9. The molecule has 0 atom stereocenters. The third-order valence-electron chi connectivity index (χ3n) is 4.22. The first-order valence-electron chi connectivity index (χ1n) is 9.15. The molecule has 0 unspecified atom stereocenters. The SMILES string of the molecule is CCOc1nc(NCc2ccc(F)cc2)nc2ncc(-c3cc(F)ccc3F)nc12. The molecule has 0 saturated heterocycles. The molecular weight excluding hydrogens is 395 g/mol. The molecule has 0 amide bonds. The predicted molar refractivity (Wildman–Crippen MR) is 105 cm³/mol. The van der Waals surface area contributed by atoms with Crippen molar-refractivity contribution in [3.8, 4) is 17.1 Å². The van der Waals surface area contributed by atoms with E-state index in [2.05, 4.69) is 25.3 Å². The van der Waals surface area contributed by atoms with Crippen molar-refractivity contribution in [2.24, 2.45) is 0 Å². The Kier molecular flexibility index (Phi) is 5.42. The average molecular weight is 411 g/mol. The van der Waals surface area contributed by atoms with Crippen LogP contribution >= 0.6 is 0 Å². The molecular formula is C21H16F3N5O. The number of halogens is 3. The fraction of sp³-hybridized carbons (Fsp3) is 0.143. The number of rotatable bonds is 6. The highest BCUT2D eigenvalue weighted by Crippen LogP contribution is 2.27. The van der Waals surface area contributed by atoms with Crippen molar-refractivity contribution in [2.45, 2.75) is 13.5 Å². The van der Waals surface area contributed by atoms with Gasteiger partial charge in [0, 0.05) is 12.1 Å². The molecule has 4 rings (SSSR count). The number of nitrogens with one attached hydrogen (secondary N) is 1. The quantitative estimate of drug-likeness (QED) is 0.503. The number of nitrogens with zero attached hydrogens (tertiary/aromatic N) is 4. The molecule has 0 bridgehead atoms. The number of anilines is 1. The first-order chi connectivity index (χ1) is 14.5. The molecule has 6 nitrogen and oxygen atoms in total. The molecule has 0 aliphatic carbocycles. The molecule has 2 aromatic heterocycles. The lowest BCUT2D eigenvalue weighted by Gasteiger charge is -2.11. The zero-order chi connectivity index (χ0) is 21.1. The third kappa shape index (κ3) is 4.14. The van der Waals surface area contributed by atoms with Crippen LogP contribution in [0.4, 0.5) is 19.1 Å². The van der Waals surface area contributed by atoms with E-state index in [1.54, 1.807) is 19.1 Å². The number of benzene rings is 2. The van der Waals surface area contributed by atoms with Crippen molar-refractivity contribution in [2.75, 3.05) is 11.9 Å². The fourth-order valence-corrected chi connectivity index (χ4v) is 2.81. The van der Waals surface area contributed by atoms with Crippen molar-refractivity contribution in [1.82, 2.24) is 19.9 Å². The highest BCUT2D eigenvalue weighted by molar-refractivity contribution is 5.79. The van der Waals surface area contributed by atoms with Crippen LogP contribution in [0, 0.1) is 17.5 Å². The van der Waals surface area contributed by atoms with E-state index in [-0.39, 0.29) is 40.1 Å². The second kappa shape index (κ2) is 8.32. The summed E-state index contributed by atoms with van der Waals surface area (Å²) in [4.78, 5) is 17.2. The maximum absolute atomic E-state index is 14.1. The van der Waals surface area contributed by atoms with Gasteiger partial charge in [-0.2, -0.15) is 9.97 Å². The highest BCUT2D eigenvalue weighted by atomic mass is 19.1. The summed E-state index contributed by atoms with van der Waals surface area (Å²) in [6.07, 6.45) is 1.31. The summed E-state index contributed by atoms with van der Waals surface area (Å²) in [6.45, 7) is 2.45. The summed E-state index contributed by atoms with van der Waals surface area (Å²) >= 11 is 0. The molecule has 0 fully saturated rings. The number of ether oxygens (including phenoxy) is 1. The minimum absolute atomic E-state index is 0.0228. The molecule has 2 heterocycles. The standard InChI is InChI=1S/C21H16F3N5O/c1-2-30-20-18-19(25-11-17(27-18)15-9-14(23)7-8-16(15)24)28-21(29-20)26-10-12-3-5-13(22)6-4-12/h3-9,11H,2,10H2,1H3,(H,25,26,28,29). The Labute approximate surface area is 169 Å². The first-order valence-corrected chi connectivity index (χ1v) is 9.15. The zero-order valence-corrected chi connectivity index (χ0v) is 15.9. The van der Waals surface area contributed by atoms with Crippen molar-refractivity contribution in [3.05, 3.63) is 71.7 Å². The van der Waals surface area contributed by atoms with Crippen LogP contribution in [-0.4, -0.2) is 26.5 Å². The van der Waals surface area contributed by atoms with Crippen LogP contribution in [0.2, 0.25) is 0 Å². The van der Waals surface area contributed by atoms with Crippen molar-refractivity contribution < 1.29 is 17.9 Å². The van der Waals surface area contributed by atoms with Crippen LogP contribution in [0.5, 0.6) is 5.88 Å². The van der Waals surface area contributed by atoms with Crippen LogP contribution in [0.25, 0.3) is 22.4 Å². The van der Waals surface area contributed by atoms with Crippen molar-refractivity contribution in [1.29, 1.82) is 0 Å². The number of hydrogen-bond donors (Lipinski definition) is 1. The third-order valence-corrected chi connectivity index (χ3v) is 4.22. The van der Waals surface area contributed by atoms with Crippen LogP contribution in [0.3, 0.4) is 0 Å². The largest absolute Gasteiger partial charge is 0.476 e. The molecule has 0 spiro atoms. The molecule has 0 aliphatic heterocycles. The fourth-order valence-electron chi connectivity index (χ4n) is 2.81. The lowest BCUT2D eigenvalue weighted by molar-refractivity contribution is 0.330. The normalized spacial score (nSPS) is 10.9. The molecule has 0 radical (unpaired) electrons. The Morgan fingerprint density at radius 2 is 1.70 bits per heavy atom. The maximum Gasteiger partial charge on any atom is 0.247 e. The van der Waals surface area contributed by atoms with E-state index in [1.807, 2.05) is 0 Å². The highest BCUT2D eigenvalue weighted by Gasteiger charge is 2.15. The first kappa shape index (κ1) is 19.6. The Hall–Kier alpha value is -3.75. The van der Waals surface area contributed by atoms with E-state index < -0.39 is 11.6 Å². The summed E-state index contributed by atoms with van der Waals surface area (Å²) < 4.78 is 46.3. The van der Waals surface area contributed by atoms with E-state index >= 15 is 0 Å². The van der Waals surface area contributed by atoms with Crippen LogP contribution in [-0.2, 0) is 6.54 Å². The number of hydrogen-bond acceptors (Lipinski definition) is 6. The monoisotopic (exact) mass is 411 g/mol. The van der Waals surface area contributed by atoms with Gasteiger partial charge in [0.2, 0.25) is 11.8 Å². The Balaban J connectivity index is 1.69. The van der Waals surface area contributed by atoms with Gasteiger partial charge < -0.3 is 10.1 Å². The summed E-state index contributed by atoms with van der Waals surface area (Å²) in [6, 6.07) is 9.12. The van der Waals surface area contributed by atoms with Gasteiger partial charge in [-0.25, -0.2) is 23.1 Å². The van der Waals surface area contributed by atoms with E-state index in [0.717, 1.165) is 23.8 Å². The van der Waals surface area contributed by atoms with Crippen molar-refractivity contribution in [3.63, 3.8) is 0 Å². The molecule has 30 heavy (non-hydrogen) atoms. The second-order valence-corrected chi connectivity index (χ2v) is 6.32. The van der Waals surface area contributed by atoms with Gasteiger partial charge in [-0.1, -0.05) is 12.1 Å². The van der Waals surface area contributed by atoms with Crippen LogP contribution in [0.15, 0.2) is 48.7 Å². The van der Waals surface area contributed by atoms with Gasteiger partial charge >= 0.3 is 0 Å². The topological polar surface area (TPSA) is 72.8 Å². The Bertz CT molecular complexity index is 1200.